The Balaban J connectivity index is 1.24. The normalized spacial score (nSPS) is 16.6. The number of anilines is 2. The molecule has 0 bridgehead atoms. The number of amides is 1. The van der Waals surface area contributed by atoms with Gasteiger partial charge < -0.3 is 24.5 Å². The highest BCUT2D eigenvalue weighted by atomic mass is 16.5. The van der Waals surface area contributed by atoms with E-state index in [4.69, 9.17) is 4.74 Å². The van der Waals surface area contributed by atoms with Gasteiger partial charge in [-0.25, -0.2) is 15.0 Å². The third-order valence-electron chi connectivity index (χ3n) is 6.41. The summed E-state index contributed by atoms with van der Waals surface area (Å²) < 4.78 is 7.64. The molecule has 2 fully saturated rings. The van der Waals surface area contributed by atoms with Gasteiger partial charge in [0, 0.05) is 54.7 Å². The van der Waals surface area contributed by atoms with E-state index in [1.54, 1.807) is 6.20 Å². The number of fused-ring (bicyclic) bond motifs is 1. The van der Waals surface area contributed by atoms with Crippen LogP contribution in [0, 0.1) is 6.92 Å². The maximum absolute atomic E-state index is 13.0. The molecule has 1 aromatic carbocycles. The van der Waals surface area contributed by atoms with Gasteiger partial charge in [-0.15, -0.1) is 0 Å². The Hall–Kier alpha value is -3.72. The number of carbonyl (C=O) groups is 1. The molecule has 3 aromatic heterocycles. The largest absolute Gasteiger partial charge is 0.380 e. The Morgan fingerprint density at radius 3 is 2.94 bits per heavy atom. The van der Waals surface area contributed by atoms with Gasteiger partial charge >= 0.3 is 0 Å². The molecule has 1 saturated heterocycles. The third-order valence-corrected chi connectivity index (χ3v) is 6.41. The van der Waals surface area contributed by atoms with Crippen molar-refractivity contribution in [3.63, 3.8) is 0 Å². The van der Waals surface area contributed by atoms with Gasteiger partial charge in [-0.3, -0.25) is 4.79 Å². The predicted octanol–water partition coefficient (Wildman–Crippen LogP) is 4.07. The van der Waals surface area contributed by atoms with Crippen LogP contribution in [0.25, 0.3) is 22.3 Å². The third kappa shape index (κ3) is 4.14. The lowest BCUT2D eigenvalue weighted by molar-refractivity contribution is 0.0736. The maximum atomic E-state index is 13.0. The SMILES string of the molecule is Cc1cc(Nc2nccc(-c3cn(C4CC4)cn3)n2)cc2cc(C(=O)N3CCCOCC3)[nH]c12. The highest BCUT2D eigenvalue weighted by Gasteiger charge is 2.24. The summed E-state index contributed by atoms with van der Waals surface area (Å²) in [5.74, 6) is 0.519. The summed E-state index contributed by atoms with van der Waals surface area (Å²) in [5, 5.41) is 4.29. The van der Waals surface area contributed by atoms with Gasteiger partial charge in [0.15, 0.2) is 0 Å². The number of hydrogen-bond acceptors (Lipinski definition) is 6. The Kier molecular flexibility index (Phi) is 5.26. The number of nitrogens with zero attached hydrogens (tertiary/aromatic N) is 5. The van der Waals surface area contributed by atoms with Gasteiger partial charge in [-0.05, 0) is 56.0 Å². The fraction of sp³-hybridized carbons (Fsp3) is 0.360. The molecular formula is C25H27N7O2. The van der Waals surface area contributed by atoms with Crippen molar-refractivity contribution in [3.05, 3.63) is 54.2 Å². The highest BCUT2D eigenvalue weighted by Crippen LogP contribution is 2.35. The number of aryl methyl sites for hydroxylation is 1. The molecule has 0 radical (unpaired) electrons. The molecule has 9 nitrogen and oxygen atoms in total. The molecule has 1 amide bonds. The number of hydrogen-bond donors (Lipinski definition) is 2. The van der Waals surface area contributed by atoms with Crippen LogP contribution < -0.4 is 5.32 Å². The molecule has 6 rings (SSSR count). The Morgan fingerprint density at radius 1 is 1.15 bits per heavy atom. The second-order valence-electron chi connectivity index (χ2n) is 9.03. The summed E-state index contributed by atoms with van der Waals surface area (Å²) in [5.41, 5.74) is 5.09. The molecule has 2 N–H and O–H groups in total. The van der Waals surface area contributed by atoms with Gasteiger partial charge in [-0.1, -0.05) is 0 Å². The number of carbonyl (C=O) groups excluding carboxylic acids is 1. The lowest BCUT2D eigenvalue weighted by Gasteiger charge is -2.18. The van der Waals surface area contributed by atoms with Crippen molar-refractivity contribution in [1.82, 2.24) is 29.4 Å². The average molecular weight is 458 g/mol. The summed E-state index contributed by atoms with van der Waals surface area (Å²) in [6, 6.07) is 8.42. The maximum Gasteiger partial charge on any atom is 0.270 e. The first kappa shape index (κ1) is 20.9. The minimum atomic E-state index is 0.0114. The fourth-order valence-electron chi connectivity index (χ4n) is 4.46. The van der Waals surface area contributed by atoms with Crippen molar-refractivity contribution >= 4 is 28.4 Å². The predicted molar refractivity (Wildman–Crippen MR) is 129 cm³/mol. The van der Waals surface area contributed by atoms with Gasteiger partial charge in [0.2, 0.25) is 5.95 Å². The smallest absolute Gasteiger partial charge is 0.270 e. The minimum Gasteiger partial charge on any atom is -0.380 e. The molecule has 2 aliphatic rings. The topological polar surface area (TPSA) is 101 Å². The number of aromatic nitrogens is 5. The van der Waals surface area contributed by atoms with Crippen molar-refractivity contribution in [2.75, 3.05) is 31.6 Å². The molecule has 1 aliphatic heterocycles. The molecule has 34 heavy (non-hydrogen) atoms. The fourth-order valence-corrected chi connectivity index (χ4v) is 4.46. The average Bonchev–Trinajstić information content (AvgIpc) is 3.50. The summed E-state index contributed by atoms with van der Waals surface area (Å²) in [7, 11) is 0. The van der Waals surface area contributed by atoms with E-state index in [1.165, 1.54) is 12.8 Å². The summed E-state index contributed by atoms with van der Waals surface area (Å²) in [6.45, 7) is 4.65. The number of benzene rings is 1. The minimum absolute atomic E-state index is 0.0114. The number of H-pyrrole nitrogens is 1. The quantitative estimate of drug-likeness (QED) is 0.469. The van der Waals surface area contributed by atoms with E-state index in [0.717, 1.165) is 40.0 Å². The monoisotopic (exact) mass is 457 g/mol. The van der Waals surface area contributed by atoms with Crippen LogP contribution in [-0.2, 0) is 4.74 Å². The molecule has 4 heterocycles. The number of nitrogens with one attached hydrogen (secondary N) is 2. The number of aromatic amines is 1. The highest BCUT2D eigenvalue weighted by molar-refractivity contribution is 5.99. The molecule has 0 spiro atoms. The van der Waals surface area contributed by atoms with E-state index in [2.05, 4.69) is 36.0 Å². The summed E-state index contributed by atoms with van der Waals surface area (Å²) in [4.78, 5) is 31.8. The van der Waals surface area contributed by atoms with E-state index in [9.17, 15) is 4.79 Å². The van der Waals surface area contributed by atoms with Gasteiger partial charge in [0.1, 0.15) is 11.4 Å². The number of ether oxygens (including phenoxy) is 1. The molecule has 1 aliphatic carbocycles. The van der Waals surface area contributed by atoms with E-state index in [-0.39, 0.29) is 5.91 Å². The van der Waals surface area contributed by atoms with Crippen molar-refractivity contribution in [3.8, 4) is 11.4 Å². The van der Waals surface area contributed by atoms with Crippen LogP contribution in [0.4, 0.5) is 11.6 Å². The Bertz CT molecular complexity index is 1350. The molecule has 4 aromatic rings. The van der Waals surface area contributed by atoms with Gasteiger partial charge in [0.05, 0.1) is 18.6 Å². The second kappa shape index (κ2) is 8.57. The van der Waals surface area contributed by atoms with Crippen LogP contribution in [0.2, 0.25) is 0 Å². The van der Waals surface area contributed by atoms with Crippen LogP contribution in [-0.4, -0.2) is 61.6 Å². The van der Waals surface area contributed by atoms with Crippen LogP contribution in [0.15, 0.2) is 43.0 Å². The first-order valence-electron chi connectivity index (χ1n) is 11.8. The zero-order chi connectivity index (χ0) is 23.1. The van der Waals surface area contributed by atoms with Crippen molar-refractivity contribution in [2.24, 2.45) is 0 Å². The number of rotatable bonds is 5. The van der Waals surface area contributed by atoms with Crippen LogP contribution in [0.5, 0.6) is 0 Å². The second-order valence-corrected chi connectivity index (χ2v) is 9.03. The van der Waals surface area contributed by atoms with Crippen LogP contribution in [0.1, 0.15) is 41.4 Å². The summed E-state index contributed by atoms with van der Waals surface area (Å²) in [6.07, 6.45) is 8.96. The van der Waals surface area contributed by atoms with E-state index >= 15 is 0 Å². The molecular weight excluding hydrogens is 430 g/mol. The molecule has 1 saturated carbocycles. The first-order chi connectivity index (χ1) is 16.6. The molecule has 174 valence electrons. The summed E-state index contributed by atoms with van der Waals surface area (Å²) >= 11 is 0. The van der Waals surface area contributed by atoms with E-state index in [1.807, 2.05) is 42.4 Å². The number of imidazole rings is 1. The zero-order valence-corrected chi connectivity index (χ0v) is 19.1. The van der Waals surface area contributed by atoms with E-state index in [0.29, 0.717) is 44.0 Å². The Morgan fingerprint density at radius 2 is 2.06 bits per heavy atom. The lowest BCUT2D eigenvalue weighted by atomic mass is 10.1. The standard InChI is InChI=1S/C25H27N7O2/c1-16-11-18(12-17-13-21(29-23(16)17)24(33)31-7-2-9-34-10-8-31)28-25-26-6-5-20(30-25)22-14-32(15-27-22)19-3-4-19/h5-6,11-15,19,29H,2-4,7-10H2,1H3,(H,26,28,30). The van der Waals surface area contributed by atoms with Crippen molar-refractivity contribution in [1.29, 1.82) is 0 Å². The van der Waals surface area contributed by atoms with Gasteiger partial charge in [0.25, 0.3) is 5.91 Å². The van der Waals surface area contributed by atoms with Crippen LogP contribution in [0.3, 0.4) is 0 Å². The first-order valence-corrected chi connectivity index (χ1v) is 11.8. The van der Waals surface area contributed by atoms with Gasteiger partial charge in [-0.2, -0.15) is 0 Å². The van der Waals surface area contributed by atoms with Crippen molar-refractivity contribution in [2.45, 2.75) is 32.2 Å². The molecule has 0 unspecified atom stereocenters. The molecule has 9 heteroatoms. The van der Waals surface area contributed by atoms with Crippen LogP contribution >= 0.6 is 0 Å². The Labute approximate surface area is 197 Å². The molecule has 0 atom stereocenters. The lowest BCUT2D eigenvalue weighted by Crippen LogP contribution is -2.33. The van der Waals surface area contributed by atoms with E-state index < -0.39 is 0 Å². The van der Waals surface area contributed by atoms with Crippen molar-refractivity contribution < 1.29 is 9.53 Å². The zero-order valence-electron chi connectivity index (χ0n) is 19.1.